The van der Waals surface area contributed by atoms with E-state index in [1.165, 1.54) is 11.3 Å². The molecule has 32 heavy (non-hydrogen) atoms. The fourth-order valence-electron chi connectivity index (χ4n) is 4.00. The van der Waals surface area contributed by atoms with Gasteiger partial charge in [0, 0.05) is 22.7 Å². The second-order valence-corrected chi connectivity index (χ2v) is 11.6. The Labute approximate surface area is 196 Å². The fraction of sp³-hybridized carbons (Fsp3) is 0.348. The number of halogens is 1. The molecule has 1 fully saturated rings. The van der Waals surface area contributed by atoms with Crippen molar-refractivity contribution in [2.45, 2.75) is 25.9 Å². The number of methoxy groups -OCH3 is 2. The quantitative estimate of drug-likeness (QED) is 0.497. The van der Waals surface area contributed by atoms with Gasteiger partial charge in [-0.1, -0.05) is 29.8 Å². The number of carbonyl (C=O) groups is 1. The minimum Gasteiger partial charge on any atom is -0.493 e. The Morgan fingerprint density at radius 2 is 1.91 bits per heavy atom. The molecule has 9 heteroatoms. The van der Waals surface area contributed by atoms with Crippen molar-refractivity contribution in [2.75, 3.05) is 25.7 Å². The lowest BCUT2D eigenvalue weighted by Gasteiger charge is -2.28. The monoisotopic (exact) mass is 493 g/mol. The van der Waals surface area contributed by atoms with Gasteiger partial charge < -0.3 is 14.4 Å². The van der Waals surface area contributed by atoms with Crippen LogP contribution in [0.15, 0.2) is 36.4 Å². The van der Waals surface area contributed by atoms with E-state index in [-0.39, 0.29) is 24.0 Å². The van der Waals surface area contributed by atoms with Gasteiger partial charge in [0.25, 0.3) is 5.91 Å². The summed E-state index contributed by atoms with van der Waals surface area (Å²) in [7, 11) is -0.0744. The summed E-state index contributed by atoms with van der Waals surface area (Å²) in [5.41, 5.74) is 1.90. The first-order valence-corrected chi connectivity index (χ1v) is 13.1. The minimum atomic E-state index is -3.18. The summed E-state index contributed by atoms with van der Waals surface area (Å²) in [4.78, 5) is 15.8. The third-order valence-corrected chi connectivity index (χ3v) is 9.09. The van der Waals surface area contributed by atoms with Gasteiger partial charge in [-0.25, -0.2) is 8.42 Å². The third kappa shape index (κ3) is 4.44. The van der Waals surface area contributed by atoms with Crippen LogP contribution in [0.3, 0.4) is 0 Å². The van der Waals surface area contributed by atoms with Gasteiger partial charge in [-0.3, -0.25) is 4.79 Å². The van der Waals surface area contributed by atoms with E-state index < -0.39 is 15.9 Å². The van der Waals surface area contributed by atoms with Gasteiger partial charge in [0.15, 0.2) is 21.3 Å². The molecule has 4 rings (SSSR count). The summed E-state index contributed by atoms with van der Waals surface area (Å²) >= 11 is 7.95. The maximum atomic E-state index is 13.7. The Balaban J connectivity index is 1.73. The van der Waals surface area contributed by atoms with E-state index in [1.807, 2.05) is 31.2 Å². The predicted octanol–water partition coefficient (Wildman–Crippen LogP) is 4.71. The number of fused-ring (bicyclic) bond motifs is 1. The van der Waals surface area contributed by atoms with E-state index in [9.17, 15) is 13.2 Å². The molecule has 1 aliphatic heterocycles. The maximum absolute atomic E-state index is 13.7. The van der Waals surface area contributed by atoms with E-state index in [1.54, 1.807) is 31.3 Å². The van der Waals surface area contributed by atoms with E-state index in [2.05, 4.69) is 0 Å². The Kier molecular flexibility index (Phi) is 6.38. The van der Waals surface area contributed by atoms with Crippen LogP contribution in [0.5, 0.6) is 11.5 Å². The van der Waals surface area contributed by atoms with Crippen LogP contribution in [-0.2, 0) is 16.4 Å². The van der Waals surface area contributed by atoms with E-state index in [0.29, 0.717) is 27.8 Å². The van der Waals surface area contributed by atoms with Crippen molar-refractivity contribution in [1.29, 1.82) is 0 Å². The highest BCUT2D eigenvalue weighted by molar-refractivity contribution is 7.91. The molecule has 1 saturated heterocycles. The summed E-state index contributed by atoms with van der Waals surface area (Å²) in [6, 6.07) is 10.9. The van der Waals surface area contributed by atoms with Crippen LogP contribution in [0.25, 0.3) is 10.1 Å². The molecular formula is C23H24ClNO5S2. The van der Waals surface area contributed by atoms with Gasteiger partial charge in [0.1, 0.15) is 4.88 Å². The summed E-state index contributed by atoms with van der Waals surface area (Å²) in [5.74, 6) is 0.901. The van der Waals surface area contributed by atoms with Gasteiger partial charge in [-0.05, 0) is 42.7 Å². The zero-order chi connectivity index (χ0) is 23.0. The van der Waals surface area contributed by atoms with Gasteiger partial charge in [-0.2, -0.15) is 0 Å². The summed E-state index contributed by atoms with van der Waals surface area (Å²) < 4.78 is 36.0. The largest absolute Gasteiger partial charge is 0.493 e. The van der Waals surface area contributed by atoms with Gasteiger partial charge in [0.2, 0.25) is 0 Å². The van der Waals surface area contributed by atoms with Gasteiger partial charge in [-0.15, -0.1) is 11.3 Å². The number of aryl methyl sites for hydroxylation is 1. The minimum absolute atomic E-state index is 0.0480. The summed E-state index contributed by atoms with van der Waals surface area (Å²) in [5, 5.41) is 1.24. The average molecular weight is 494 g/mol. The average Bonchev–Trinajstić information content (AvgIpc) is 3.29. The molecule has 1 aliphatic rings. The Morgan fingerprint density at radius 1 is 1.16 bits per heavy atom. The van der Waals surface area contributed by atoms with Crippen molar-refractivity contribution < 1.29 is 22.7 Å². The lowest BCUT2D eigenvalue weighted by molar-refractivity contribution is 0.0686. The third-order valence-electron chi connectivity index (χ3n) is 5.69. The molecule has 0 spiro atoms. The van der Waals surface area contributed by atoms with Crippen LogP contribution < -0.4 is 9.47 Å². The number of benzene rings is 2. The Hall–Kier alpha value is -2.29. The topological polar surface area (TPSA) is 72.9 Å². The molecule has 0 aliphatic carbocycles. The zero-order valence-corrected chi connectivity index (χ0v) is 20.4. The zero-order valence-electron chi connectivity index (χ0n) is 18.1. The molecule has 2 heterocycles. The van der Waals surface area contributed by atoms with Crippen molar-refractivity contribution in [2.24, 2.45) is 0 Å². The van der Waals surface area contributed by atoms with Crippen molar-refractivity contribution in [3.8, 4) is 11.5 Å². The lowest BCUT2D eigenvalue weighted by Crippen LogP contribution is -2.40. The molecular weight excluding hydrogens is 470 g/mol. The van der Waals surface area contributed by atoms with Crippen molar-refractivity contribution in [3.05, 3.63) is 57.4 Å². The molecule has 1 atom stereocenters. The first-order valence-electron chi connectivity index (χ1n) is 10.1. The first-order chi connectivity index (χ1) is 15.2. The van der Waals surface area contributed by atoms with Crippen LogP contribution in [0.4, 0.5) is 0 Å². The van der Waals surface area contributed by atoms with Crippen LogP contribution in [0, 0.1) is 6.92 Å². The van der Waals surface area contributed by atoms with Gasteiger partial charge >= 0.3 is 0 Å². The molecule has 0 unspecified atom stereocenters. The molecule has 2 aromatic carbocycles. The number of hydrogen-bond donors (Lipinski definition) is 0. The van der Waals surface area contributed by atoms with Crippen molar-refractivity contribution >= 4 is 48.8 Å². The molecule has 170 valence electrons. The van der Waals surface area contributed by atoms with Crippen LogP contribution in [0.1, 0.15) is 27.2 Å². The number of sulfone groups is 1. The van der Waals surface area contributed by atoms with E-state index >= 15 is 0 Å². The summed E-state index contributed by atoms with van der Waals surface area (Å²) in [6.07, 6.45) is 0.406. The predicted molar refractivity (Wildman–Crippen MR) is 128 cm³/mol. The maximum Gasteiger partial charge on any atom is 0.266 e. The number of ether oxygens (including phenoxy) is 2. The van der Waals surface area contributed by atoms with E-state index in [4.69, 9.17) is 21.1 Å². The molecule has 1 amide bonds. The standard InChI is InChI=1S/C23H24ClNO5S2/c1-14-4-6-17-20(10-14)31-22(21(17)24)23(26)25(16-8-9-32(27,28)13-16)12-15-5-7-18(29-2)19(11-15)30-3/h4-7,10-11,16H,8-9,12-13H2,1-3H3/t16-/m1/s1. The molecule has 0 bridgehead atoms. The molecule has 0 N–H and O–H groups in total. The second-order valence-electron chi connectivity index (χ2n) is 7.92. The normalized spacial score (nSPS) is 17.4. The number of carbonyl (C=O) groups excluding carboxylic acids is 1. The number of amides is 1. The van der Waals surface area contributed by atoms with Crippen molar-refractivity contribution in [1.82, 2.24) is 4.90 Å². The lowest BCUT2D eigenvalue weighted by atomic mass is 10.1. The Bertz CT molecular complexity index is 1290. The molecule has 1 aromatic heterocycles. The highest BCUT2D eigenvalue weighted by Crippen LogP contribution is 2.38. The first kappa shape index (κ1) is 22.9. The Morgan fingerprint density at radius 3 is 2.56 bits per heavy atom. The highest BCUT2D eigenvalue weighted by Gasteiger charge is 2.36. The number of nitrogens with zero attached hydrogens (tertiary/aromatic N) is 1. The van der Waals surface area contributed by atoms with Crippen molar-refractivity contribution in [3.63, 3.8) is 0 Å². The van der Waals surface area contributed by atoms with Crippen LogP contribution in [0.2, 0.25) is 5.02 Å². The SMILES string of the molecule is COc1ccc(CN(C(=O)c2sc3cc(C)ccc3c2Cl)[C@@H]2CCS(=O)(=O)C2)cc1OC. The molecule has 0 saturated carbocycles. The fourth-order valence-corrected chi connectivity index (χ4v) is 7.30. The second kappa shape index (κ2) is 8.92. The van der Waals surface area contributed by atoms with E-state index in [0.717, 1.165) is 21.2 Å². The number of hydrogen-bond acceptors (Lipinski definition) is 6. The molecule has 0 radical (unpaired) electrons. The summed E-state index contributed by atoms with van der Waals surface area (Å²) in [6.45, 7) is 2.23. The molecule has 3 aromatic rings. The highest BCUT2D eigenvalue weighted by atomic mass is 35.5. The van der Waals surface area contributed by atoms with Crippen LogP contribution >= 0.6 is 22.9 Å². The van der Waals surface area contributed by atoms with Gasteiger partial charge in [0.05, 0.1) is 30.7 Å². The molecule has 6 nitrogen and oxygen atoms in total. The number of rotatable bonds is 6. The smallest absolute Gasteiger partial charge is 0.266 e. The number of thiophene rings is 1. The van der Waals surface area contributed by atoms with Crippen LogP contribution in [-0.4, -0.2) is 51.0 Å².